The molecule has 0 aromatic rings. The van der Waals surface area contributed by atoms with Crippen LogP contribution in [0.5, 0.6) is 0 Å². The summed E-state index contributed by atoms with van der Waals surface area (Å²) in [6.45, 7) is 7.57. The number of rotatable bonds is 5. The van der Waals surface area contributed by atoms with E-state index in [1.165, 1.54) is 0 Å². The fourth-order valence-corrected chi connectivity index (χ4v) is 1.04. The summed E-state index contributed by atoms with van der Waals surface area (Å²) >= 11 is 4.15. The van der Waals surface area contributed by atoms with Gasteiger partial charge in [-0.05, 0) is 19.8 Å². The maximum absolute atomic E-state index is 11.4. The van der Waals surface area contributed by atoms with Gasteiger partial charge in [-0.3, -0.25) is 9.59 Å². The quantitative estimate of drug-likeness (QED) is 0.607. The number of nitrogens with one attached hydrogen (secondary N) is 2. The highest BCUT2D eigenvalue weighted by molar-refractivity contribution is 7.81. The van der Waals surface area contributed by atoms with Crippen molar-refractivity contribution < 1.29 is 9.59 Å². The van der Waals surface area contributed by atoms with E-state index in [1.807, 2.05) is 27.7 Å². The zero-order valence-electron chi connectivity index (χ0n) is 9.70. The van der Waals surface area contributed by atoms with Crippen LogP contribution in [0, 0.1) is 5.92 Å². The Hall–Kier alpha value is -0.710. The number of carbonyl (C=O) groups excluding carboxylic acids is 2. The van der Waals surface area contributed by atoms with E-state index in [1.54, 1.807) is 0 Å². The lowest BCUT2D eigenvalue weighted by Gasteiger charge is -2.15. The van der Waals surface area contributed by atoms with Crippen molar-refractivity contribution in [2.75, 3.05) is 6.54 Å². The summed E-state index contributed by atoms with van der Waals surface area (Å²) in [6, 6.07) is 0.0892. The molecule has 0 bridgehead atoms. The highest BCUT2D eigenvalue weighted by atomic mass is 32.1. The average molecular weight is 232 g/mol. The predicted molar refractivity (Wildman–Crippen MR) is 63.9 cm³/mol. The third kappa shape index (κ3) is 6.38. The van der Waals surface area contributed by atoms with Crippen molar-refractivity contribution in [3.63, 3.8) is 0 Å². The number of thiol groups is 1. The summed E-state index contributed by atoms with van der Waals surface area (Å²) in [6.07, 6.45) is 0. The zero-order chi connectivity index (χ0) is 12.0. The third-order valence-electron chi connectivity index (χ3n) is 1.77. The number of amides is 2. The van der Waals surface area contributed by atoms with Crippen LogP contribution in [0.1, 0.15) is 27.7 Å². The molecule has 0 radical (unpaired) electrons. The van der Waals surface area contributed by atoms with Gasteiger partial charge in [-0.15, -0.1) is 0 Å². The van der Waals surface area contributed by atoms with Gasteiger partial charge >= 0.3 is 0 Å². The second-order valence-electron chi connectivity index (χ2n) is 4.13. The minimum absolute atomic E-state index is 0.0147. The van der Waals surface area contributed by atoms with E-state index in [2.05, 4.69) is 23.3 Å². The molecule has 0 aliphatic carbocycles. The second-order valence-corrected chi connectivity index (χ2v) is 4.69. The first kappa shape index (κ1) is 14.3. The van der Waals surface area contributed by atoms with Gasteiger partial charge in [0.25, 0.3) is 0 Å². The molecule has 0 saturated heterocycles. The largest absolute Gasteiger partial charge is 0.352 e. The molecule has 88 valence electrons. The molecule has 0 fully saturated rings. The molecule has 0 heterocycles. The molecule has 15 heavy (non-hydrogen) atoms. The Kier molecular flexibility index (Phi) is 6.40. The molecule has 0 aliphatic rings. The maximum Gasteiger partial charge on any atom is 0.239 e. The fraction of sp³-hybridized carbons (Fsp3) is 0.800. The van der Waals surface area contributed by atoms with Gasteiger partial charge in [-0.1, -0.05) is 13.8 Å². The Morgan fingerprint density at radius 1 is 1.20 bits per heavy atom. The van der Waals surface area contributed by atoms with E-state index < -0.39 is 0 Å². The second kappa shape index (κ2) is 6.71. The highest BCUT2D eigenvalue weighted by Crippen LogP contribution is 2.07. The van der Waals surface area contributed by atoms with Gasteiger partial charge in [0.15, 0.2) is 0 Å². The smallest absolute Gasteiger partial charge is 0.239 e. The van der Waals surface area contributed by atoms with E-state index in [0.717, 1.165) is 0 Å². The van der Waals surface area contributed by atoms with E-state index in [0.29, 0.717) is 0 Å². The Labute approximate surface area is 96.6 Å². The molecule has 0 spiro atoms. The number of hydrogen-bond donors (Lipinski definition) is 3. The fourth-order valence-electron chi connectivity index (χ4n) is 0.948. The van der Waals surface area contributed by atoms with Crippen LogP contribution >= 0.6 is 12.6 Å². The molecule has 0 rings (SSSR count). The van der Waals surface area contributed by atoms with Gasteiger partial charge in [0.1, 0.15) is 0 Å². The zero-order valence-corrected chi connectivity index (χ0v) is 10.6. The Bertz CT molecular complexity index is 229. The molecule has 2 N–H and O–H groups in total. The van der Waals surface area contributed by atoms with E-state index in [-0.39, 0.29) is 35.6 Å². The van der Waals surface area contributed by atoms with Crippen LogP contribution in [0.25, 0.3) is 0 Å². The van der Waals surface area contributed by atoms with Crippen LogP contribution in [0.2, 0.25) is 0 Å². The first-order chi connectivity index (χ1) is 6.84. The highest BCUT2D eigenvalue weighted by Gasteiger charge is 2.17. The summed E-state index contributed by atoms with van der Waals surface area (Å²) in [5.74, 6) is -0.226. The van der Waals surface area contributed by atoms with Crippen LogP contribution in [0.4, 0.5) is 0 Å². The summed E-state index contributed by atoms with van der Waals surface area (Å²) in [7, 11) is 0. The van der Waals surface area contributed by atoms with Gasteiger partial charge in [-0.25, -0.2) is 0 Å². The van der Waals surface area contributed by atoms with Crippen LogP contribution in [-0.4, -0.2) is 29.7 Å². The lowest BCUT2D eigenvalue weighted by molar-refractivity contribution is -0.126. The van der Waals surface area contributed by atoms with Crippen LogP contribution < -0.4 is 10.6 Å². The number of carbonyl (C=O) groups is 2. The summed E-state index contributed by atoms with van der Waals surface area (Å²) < 4.78 is 0. The molecule has 2 amide bonds. The predicted octanol–water partition coefficient (Wildman–Crippen LogP) is 0.582. The van der Waals surface area contributed by atoms with E-state index >= 15 is 0 Å². The van der Waals surface area contributed by atoms with Crippen molar-refractivity contribution >= 4 is 24.4 Å². The maximum atomic E-state index is 11.4. The van der Waals surface area contributed by atoms with Gasteiger partial charge in [0, 0.05) is 6.04 Å². The Balaban J connectivity index is 3.85. The Morgan fingerprint density at radius 3 is 2.13 bits per heavy atom. The molecule has 0 saturated carbocycles. The van der Waals surface area contributed by atoms with Crippen LogP contribution in [0.15, 0.2) is 0 Å². The SMILES string of the molecule is CC(C)NC(=O)CNC(=O)C(S)C(C)C. The van der Waals surface area contributed by atoms with Crippen LogP contribution in [0.3, 0.4) is 0 Å². The van der Waals surface area contributed by atoms with Crippen molar-refractivity contribution in [3.05, 3.63) is 0 Å². The van der Waals surface area contributed by atoms with E-state index in [9.17, 15) is 9.59 Å². The topological polar surface area (TPSA) is 58.2 Å². The first-order valence-corrected chi connectivity index (χ1v) is 5.61. The monoisotopic (exact) mass is 232 g/mol. The molecule has 4 nitrogen and oxygen atoms in total. The number of hydrogen-bond acceptors (Lipinski definition) is 3. The van der Waals surface area contributed by atoms with Crippen molar-refractivity contribution in [2.24, 2.45) is 5.92 Å². The molecule has 1 unspecified atom stereocenters. The molecular weight excluding hydrogens is 212 g/mol. The summed E-state index contributed by atoms with van der Waals surface area (Å²) in [5.41, 5.74) is 0. The van der Waals surface area contributed by atoms with Gasteiger partial charge in [-0.2, -0.15) is 12.6 Å². The minimum atomic E-state index is -0.364. The van der Waals surface area contributed by atoms with Crippen molar-refractivity contribution in [1.29, 1.82) is 0 Å². The average Bonchev–Trinajstić information content (AvgIpc) is 2.11. The molecule has 1 atom stereocenters. The lowest BCUT2D eigenvalue weighted by Crippen LogP contribution is -2.43. The minimum Gasteiger partial charge on any atom is -0.352 e. The molecule has 0 aliphatic heterocycles. The Morgan fingerprint density at radius 2 is 1.73 bits per heavy atom. The summed E-state index contributed by atoms with van der Waals surface area (Å²) in [5, 5.41) is 4.87. The van der Waals surface area contributed by atoms with E-state index in [4.69, 9.17) is 0 Å². The van der Waals surface area contributed by atoms with Gasteiger partial charge in [0.05, 0.1) is 11.8 Å². The third-order valence-corrected chi connectivity index (χ3v) is 2.60. The van der Waals surface area contributed by atoms with Gasteiger partial charge < -0.3 is 10.6 Å². The van der Waals surface area contributed by atoms with Crippen LogP contribution in [-0.2, 0) is 9.59 Å². The molecule has 5 heteroatoms. The van der Waals surface area contributed by atoms with Crippen molar-refractivity contribution in [2.45, 2.75) is 39.0 Å². The summed E-state index contributed by atoms with van der Waals surface area (Å²) in [4.78, 5) is 22.6. The first-order valence-electron chi connectivity index (χ1n) is 5.09. The molecular formula is C10H20N2O2S. The van der Waals surface area contributed by atoms with Crippen molar-refractivity contribution in [3.8, 4) is 0 Å². The lowest BCUT2D eigenvalue weighted by atomic mass is 10.1. The van der Waals surface area contributed by atoms with Gasteiger partial charge in [0.2, 0.25) is 11.8 Å². The normalized spacial score (nSPS) is 12.7. The molecule has 0 aromatic carbocycles. The standard InChI is InChI=1S/C10H20N2O2S/c1-6(2)9(15)10(14)11-5-8(13)12-7(3)4/h6-7,9,15H,5H2,1-4H3,(H,11,14)(H,12,13). The molecule has 0 aromatic heterocycles. The van der Waals surface area contributed by atoms with Crippen molar-refractivity contribution in [1.82, 2.24) is 10.6 Å².